The molecule has 3 aromatic carbocycles. The Bertz CT molecular complexity index is 932. The smallest absolute Gasteiger partial charge is 0.267 e. The first-order valence-corrected chi connectivity index (χ1v) is 9.40. The first-order chi connectivity index (χ1) is 14.4. The lowest BCUT2D eigenvalue weighted by Gasteiger charge is -2.31. The third kappa shape index (κ3) is 4.23. The second-order valence-corrected chi connectivity index (χ2v) is 6.84. The van der Waals surface area contributed by atoms with E-state index in [9.17, 15) is 9.90 Å². The lowest BCUT2D eigenvalue weighted by Crippen LogP contribution is -2.43. The van der Waals surface area contributed by atoms with Gasteiger partial charge < -0.3 is 19.3 Å². The van der Waals surface area contributed by atoms with E-state index in [2.05, 4.69) is 0 Å². The number of methoxy groups -OCH3 is 3. The number of hydrogen-bond donors (Lipinski definition) is 1. The number of benzene rings is 3. The van der Waals surface area contributed by atoms with E-state index in [4.69, 9.17) is 14.2 Å². The van der Waals surface area contributed by atoms with Crippen molar-refractivity contribution in [2.45, 2.75) is 12.5 Å². The minimum atomic E-state index is -1.77. The summed E-state index contributed by atoms with van der Waals surface area (Å²) in [6.07, 6.45) is 0. The SMILES string of the molecule is COc1ccc(N(C(=O)C(C)(O)c2ccc(OC)cc2)c2ccc(OC)cc2)cc1. The topological polar surface area (TPSA) is 68.2 Å². The van der Waals surface area contributed by atoms with Gasteiger partial charge in [0.05, 0.1) is 21.3 Å². The number of carbonyl (C=O) groups excluding carboxylic acids is 1. The van der Waals surface area contributed by atoms with E-state index in [-0.39, 0.29) is 0 Å². The van der Waals surface area contributed by atoms with Crippen molar-refractivity contribution >= 4 is 17.3 Å². The van der Waals surface area contributed by atoms with Gasteiger partial charge in [-0.1, -0.05) is 12.1 Å². The van der Waals surface area contributed by atoms with Crippen molar-refractivity contribution in [1.82, 2.24) is 0 Å². The molecule has 156 valence electrons. The second kappa shape index (κ2) is 8.88. The van der Waals surface area contributed by atoms with Crippen molar-refractivity contribution in [3.63, 3.8) is 0 Å². The molecule has 1 N–H and O–H groups in total. The molecule has 0 radical (unpaired) electrons. The van der Waals surface area contributed by atoms with Crippen LogP contribution in [0.15, 0.2) is 72.8 Å². The first kappa shape index (κ1) is 21.2. The second-order valence-electron chi connectivity index (χ2n) is 6.84. The molecule has 1 unspecified atom stereocenters. The van der Waals surface area contributed by atoms with Crippen LogP contribution in [-0.2, 0) is 10.4 Å². The largest absolute Gasteiger partial charge is 0.497 e. The van der Waals surface area contributed by atoms with Gasteiger partial charge in [0.2, 0.25) is 0 Å². The van der Waals surface area contributed by atoms with Gasteiger partial charge in [0.15, 0.2) is 5.60 Å². The van der Waals surface area contributed by atoms with E-state index in [0.29, 0.717) is 34.2 Å². The van der Waals surface area contributed by atoms with Crippen LogP contribution in [0.25, 0.3) is 0 Å². The summed E-state index contributed by atoms with van der Waals surface area (Å²) in [6.45, 7) is 1.48. The minimum absolute atomic E-state index is 0.459. The highest BCUT2D eigenvalue weighted by molar-refractivity contribution is 6.05. The number of nitrogens with zero attached hydrogens (tertiary/aromatic N) is 1. The third-order valence-corrected chi connectivity index (χ3v) is 4.93. The van der Waals surface area contributed by atoms with Gasteiger partial charge in [-0.3, -0.25) is 9.69 Å². The molecule has 3 aromatic rings. The fraction of sp³-hybridized carbons (Fsp3) is 0.208. The highest BCUT2D eigenvalue weighted by Gasteiger charge is 2.37. The molecule has 0 heterocycles. The Morgan fingerprint density at radius 1 is 0.700 bits per heavy atom. The molecule has 1 amide bonds. The first-order valence-electron chi connectivity index (χ1n) is 9.40. The summed E-state index contributed by atoms with van der Waals surface area (Å²) >= 11 is 0. The van der Waals surface area contributed by atoms with E-state index in [1.807, 2.05) is 0 Å². The van der Waals surface area contributed by atoms with Crippen LogP contribution in [0, 0.1) is 0 Å². The van der Waals surface area contributed by atoms with E-state index in [1.165, 1.54) is 11.8 Å². The number of amides is 1. The average molecular weight is 407 g/mol. The molecule has 0 aliphatic heterocycles. The summed E-state index contributed by atoms with van der Waals surface area (Å²) in [7, 11) is 4.72. The van der Waals surface area contributed by atoms with E-state index < -0.39 is 11.5 Å². The quantitative estimate of drug-likeness (QED) is 0.633. The Kier molecular flexibility index (Phi) is 6.28. The van der Waals surface area contributed by atoms with Gasteiger partial charge in [0, 0.05) is 11.4 Å². The Morgan fingerprint density at radius 3 is 1.37 bits per heavy atom. The lowest BCUT2D eigenvalue weighted by molar-refractivity contribution is -0.135. The molecule has 0 bridgehead atoms. The molecule has 0 aliphatic carbocycles. The van der Waals surface area contributed by atoms with Gasteiger partial charge in [0.25, 0.3) is 5.91 Å². The van der Waals surface area contributed by atoms with Crippen LogP contribution < -0.4 is 19.1 Å². The standard InChI is InChI=1S/C24H25NO5/c1-24(27,17-5-11-20(28-2)12-6-17)23(26)25(18-7-13-21(29-3)14-8-18)19-9-15-22(30-4)16-10-19/h5-16,27H,1-4H3. The van der Waals surface area contributed by atoms with Crippen LogP contribution in [0.1, 0.15) is 12.5 Å². The monoisotopic (exact) mass is 407 g/mol. The number of anilines is 2. The van der Waals surface area contributed by atoms with Gasteiger partial charge in [-0.25, -0.2) is 0 Å². The summed E-state index contributed by atoms with van der Waals surface area (Å²) < 4.78 is 15.6. The van der Waals surface area contributed by atoms with Crippen molar-refractivity contribution in [2.24, 2.45) is 0 Å². The Balaban J connectivity index is 2.05. The lowest BCUT2D eigenvalue weighted by atomic mass is 9.93. The maximum Gasteiger partial charge on any atom is 0.267 e. The van der Waals surface area contributed by atoms with Gasteiger partial charge in [-0.05, 0) is 73.2 Å². The van der Waals surface area contributed by atoms with Crippen LogP contribution >= 0.6 is 0 Å². The Hall–Kier alpha value is -3.51. The zero-order valence-corrected chi connectivity index (χ0v) is 17.5. The average Bonchev–Trinajstić information content (AvgIpc) is 2.80. The number of carbonyl (C=O) groups is 1. The molecule has 0 aliphatic rings. The molecule has 0 saturated heterocycles. The highest BCUT2D eigenvalue weighted by atomic mass is 16.5. The molecule has 3 rings (SSSR count). The summed E-state index contributed by atoms with van der Waals surface area (Å²) in [4.78, 5) is 15.1. The van der Waals surface area contributed by atoms with Gasteiger partial charge in [-0.2, -0.15) is 0 Å². The maximum absolute atomic E-state index is 13.6. The van der Waals surface area contributed by atoms with E-state index in [1.54, 1.807) is 94.1 Å². The van der Waals surface area contributed by atoms with E-state index >= 15 is 0 Å². The van der Waals surface area contributed by atoms with Gasteiger partial charge >= 0.3 is 0 Å². The van der Waals surface area contributed by atoms with Crippen molar-refractivity contribution in [1.29, 1.82) is 0 Å². The number of ether oxygens (including phenoxy) is 3. The minimum Gasteiger partial charge on any atom is -0.497 e. The molecule has 6 nitrogen and oxygen atoms in total. The zero-order valence-electron chi connectivity index (χ0n) is 17.5. The number of aliphatic hydroxyl groups is 1. The molecular weight excluding hydrogens is 382 g/mol. The fourth-order valence-electron chi connectivity index (χ4n) is 3.10. The fourth-order valence-corrected chi connectivity index (χ4v) is 3.10. The van der Waals surface area contributed by atoms with Crippen molar-refractivity contribution < 1.29 is 24.1 Å². The summed E-state index contributed by atoms with van der Waals surface area (Å²) in [5, 5.41) is 11.2. The van der Waals surface area contributed by atoms with E-state index in [0.717, 1.165) is 0 Å². The Labute approximate surface area is 176 Å². The predicted molar refractivity (Wildman–Crippen MR) is 116 cm³/mol. The maximum atomic E-state index is 13.6. The van der Waals surface area contributed by atoms with Crippen LogP contribution in [0.2, 0.25) is 0 Å². The van der Waals surface area contributed by atoms with Crippen LogP contribution in [0.5, 0.6) is 17.2 Å². The highest BCUT2D eigenvalue weighted by Crippen LogP contribution is 2.34. The molecule has 0 saturated carbocycles. The van der Waals surface area contributed by atoms with Crippen molar-refractivity contribution in [2.75, 3.05) is 26.2 Å². The van der Waals surface area contributed by atoms with Gasteiger partial charge in [0.1, 0.15) is 17.2 Å². The third-order valence-electron chi connectivity index (χ3n) is 4.93. The molecule has 6 heteroatoms. The van der Waals surface area contributed by atoms with Crippen molar-refractivity contribution in [3.8, 4) is 17.2 Å². The molecule has 30 heavy (non-hydrogen) atoms. The van der Waals surface area contributed by atoms with Gasteiger partial charge in [-0.15, -0.1) is 0 Å². The summed E-state index contributed by atoms with van der Waals surface area (Å²) in [6, 6.07) is 20.9. The molecular formula is C24H25NO5. The summed E-state index contributed by atoms with van der Waals surface area (Å²) in [5.74, 6) is 1.48. The summed E-state index contributed by atoms with van der Waals surface area (Å²) in [5.41, 5.74) is -0.119. The normalized spacial score (nSPS) is 12.6. The Morgan fingerprint density at radius 2 is 1.03 bits per heavy atom. The van der Waals surface area contributed by atoms with Crippen LogP contribution in [-0.4, -0.2) is 32.3 Å². The molecule has 0 fully saturated rings. The van der Waals surface area contributed by atoms with Crippen molar-refractivity contribution in [3.05, 3.63) is 78.4 Å². The molecule has 1 atom stereocenters. The molecule has 0 aromatic heterocycles. The molecule has 0 spiro atoms. The zero-order chi connectivity index (χ0) is 21.7. The number of hydrogen-bond acceptors (Lipinski definition) is 5. The number of rotatable bonds is 7. The predicted octanol–water partition coefficient (Wildman–Crippen LogP) is 4.28. The van der Waals surface area contributed by atoms with Crippen LogP contribution in [0.3, 0.4) is 0 Å². The van der Waals surface area contributed by atoms with Crippen LogP contribution in [0.4, 0.5) is 11.4 Å².